The van der Waals surface area contributed by atoms with Gasteiger partial charge in [0.15, 0.2) is 0 Å². The van der Waals surface area contributed by atoms with E-state index >= 15 is 0 Å². The molecule has 2 bridgehead atoms. The third-order valence-electron chi connectivity index (χ3n) is 9.56. The second-order valence-electron chi connectivity index (χ2n) is 13.2. The molecule has 0 heterocycles. The van der Waals surface area contributed by atoms with E-state index in [1.54, 1.807) is 0 Å². The molecule has 4 atom stereocenters. The third-order valence-corrected chi connectivity index (χ3v) is 10.1. The third kappa shape index (κ3) is 7.17. The molecule has 5 rings (SSSR count). The Bertz CT molecular complexity index is 805. The van der Waals surface area contributed by atoms with Gasteiger partial charge in [0.1, 0.15) is 19.4 Å². The van der Waals surface area contributed by atoms with E-state index in [0.29, 0.717) is 56.3 Å². The number of nitrogens with one attached hydrogen (secondary N) is 2. The Morgan fingerprint density at radius 2 is 1.49 bits per heavy atom. The lowest BCUT2D eigenvalue weighted by Gasteiger charge is -2.56. The molecule has 212 valence electrons. The van der Waals surface area contributed by atoms with Gasteiger partial charge in [-0.2, -0.15) is 0 Å². The molecule has 0 aromatic carbocycles. The van der Waals surface area contributed by atoms with Gasteiger partial charge in [0.25, 0.3) is 0 Å². The topological polar surface area (TPSA) is 96.9 Å². The highest BCUT2D eigenvalue weighted by Gasteiger charge is 2.55. The van der Waals surface area contributed by atoms with E-state index in [0.717, 1.165) is 25.7 Å². The minimum atomic E-state index is -1.11. The van der Waals surface area contributed by atoms with Crippen molar-refractivity contribution in [3.8, 4) is 0 Å². The van der Waals surface area contributed by atoms with Crippen molar-refractivity contribution >= 4 is 23.4 Å². The number of hydrogen-bond acceptors (Lipinski definition) is 5. The van der Waals surface area contributed by atoms with Crippen molar-refractivity contribution in [2.45, 2.75) is 139 Å². The molecule has 9 heteroatoms. The Hall–Kier alpha value is -0.960. The van der Waals surface area contributed by atoms with Crippen LogP contribution < -0.4 is 10.6 Å². The number of hydrogen-bond donors (Lipinski definition) is 3. The Labute approximate surface area is 225 Å². The number of fused-ring (bicyclic) bond motifs is 3. The number of alkyl halides is 2. The molecule has 3 N–H and O–H groups in total. The normalized spacial score (nSPS) is 40.3. The van der Waals surface area contributed by atoms with Gasteiger partial charge in [-0.3, -0.25) is 9.59 Å². The highest BCUT2D eigenvalue weighted by molar-refractivity contribution is 6.21. The summed E-state index contributed by atoms with van der Waals surface area (Å²) in [5.74, 6) is 0.269. The number of aliphatic hydroxyl groups is 1. The second-order valence-corrected chi connectivity index (χ2v) is 13.7. The lowest BCUT2D eigenvalue weighted by atomic mass is 9.60. The lowest BCUT2D eigenvalue weighted by Crippen LogP contribution is -2.70. The van der Waals surface area contributed by atoms with Crippen LogP contribution in [0.1, 0.15) is 97.8 Å². The zero-order valence-electron chi connectivity index (χ0n) is 22.7. The van der Waals surface area contributed by atoms with Gasteiger partial charge in [0.2, 0.25) is 11.8 Å². The fourth-order valence-electron chi connectivity index (χ4n) is 6.98. The number of carbonyl (C=O) groups is 2. The van der Waals surface area contributed by atoms with Crippen molar-refractivity contribution in [2.24, 2.45) is 11.3 Å². The molecule has 0 aliphatic heterocycles. The van der Waals surface area contributed by atoms with E-state index < -0.39 is 28.7 Å². The zero-order chi connectivity index (χ0) is 26.8. The smallest absolute Gasteiger partial charge is 0.246 e. The van der Waals surface area contributed by atoms with Crippen LogP contribution in [0.15, 0.2) is 0 Å². The maximum absolute atomic E-state index is 13.8. The maximum Gasteiger partial charge on any atom is 0.246 e. The van der Waals surface area contributed by atoms with Crippen LogP contribution in [-0.4, -0.2) is 71.1 Å². The van der Waals surface area contributed by atoms with Crippen LogP contribution in [0.3, 0.4) is 0 Å². The molecule has 2 amide bonds. The van der Waals surface area contributed by atoms with E-state index in [1.807, 2.05) is 0 Å². The molecule has 37 heavy (non-hydrogen) atoms. The molecule has 5 saturated carbocycles. The molecule has 0 radical (unpaired) electrons. The Balaban J connectivity index is 1.18. The van der Waals surface area contributed by atoms with Gasteiger partial charge in [-0.1, -0.05) is 20.8 Å². The second kappa shape index (κ2) is 11.6. The number of aliphatic hydroxyl groups excluding tert-OH is 1. The number of carbonyl (C=O) groups excluding carboxylic acids is 2. The van der Waals surface area contributed by atoms with Crippen LogP contribution in [0.4, 0.5) is 4.39 Å². The predicted octanol–water partition coefficient (Wildman–Crippen LogP) is 4.17. The van der Waals surface area contributed by atoms with Crippen LogP contribution >= 0.6 is 11.6 Å². The fourth-order valence-corrected chi connectivity index (χ4v) is 7.21. The van der Waals surface area contributed by atoms with Gasteiger partial charge in [-0.25, -0.2) is 4.39 Å². The average molecular weight is 545 g/mol. The van der Waals surface area contributed by atoms with Crippen molar-refractivity contribution in [1.82, 2.24) is 10.6 Å². The SMILES string of the molecule is CC(C)(C)C1CCC(OCC(=O)NC23CCC(NC(=O)COC4CCC(Cl)C(F)C4)(CC2)C[C@@H]3O)CC1. The van der Waals surface area contributed by atoms with E-state index in [9.17, 15) is 19.1 Å². The summed E-state index contributed by atoms with van der Waals surface area (Å²) in [7, 11) is 0. The van der Waals surface area contributed by atoms with E-state index in [4.69, 9.17) is 21.1 Å². The summed E-state index contributed by atoms with van der Waals surface area (Å²) < 4.78 is 25.4. The Morgan fingerprint density at radius 3 is 2.05 bits per heavy atom. The average Bonchev–Trinajstić information content (AvgIpc) is 2.84. The molecule has 0 spiro atoms. The summed E-state index contributed by atoms with van der Waals surface area (Å²) in [6, 6.07) is 0. The number of rotatable bonds is 8. The van der Waals surface area contributed by atoms with Crippen molar-refractivity contribution in [3.05, 3.63) is 0 Å². The molecule has 7 nitrogen and oxygen atoms in total. The first-order chi connectivity index (χ1) is 17.4. The molecule has 0 saturated heterocycles. The van der Waals surface area contributed by atoms with Gasteiger partial charge in [0.05, 0.1) is 29.2 Å². The molecule has 0 aromatic heterocycles. The Morgan fingerprint density at radius 1 is 0.919 bits per heavy atom. The molecule has 3 unspecified atom stereocenters. The standard InChI is InChI=1S/C28H46ClFN2O5/c1-26(2,3)18-4-6-19(7-5-18)36-17-25(35)32-28-12-10-27(11-13-28,15-23(28)33)31-24(34)16-37-20-8-9-21(29)22(30)14-20/h18-23,33H,4-17H2,1-3H3,(H,31,34)(H,32,35)/t18?,19?,20?,21?,22?,23-,27?,28?/m0/s1. The summed E-state index contributed by atoms with van der Waals surface area (Å²) in [4.78, 5) is 25.4. The van der Waals surface area contributed by atoms with Gasteiger partial charge in [-0.15, -0.1) is 11.6 Å². The van der Waals surface area contributed by atoms with Crippen LogP contribution in [0.2, 0.25) is 0 Å². The van der Waals surface area contributed by atoms with Gasteiger partial charge in [0, 0.05) is 12.0 Å². The van der Waals surface area contributed by atoms with Gasteiger partial charge in [-0.05, 0) is 82.0 Å². The van der Waals surface area contributed by atoms with Crippen LogP contribution in [0.5, 0.6) is 0 Å². The number of amides is 2. The molecular weight excluding hydrogens is 499 g/mol. The van der Waals surface area contributed by atoms with E-state index in [1.165, 1.54) is 0 Å². The highest BCUT2D eigenvalue weighted by atomic mass is 35.5. The molecule has 5 aliphatic rings. The monoisotopic (exact) mass is 544 g/mol. The maximum atomic E-state index is 13.8. The Kier molecular flexibility index (Phi) is 9.14. The van der Waals surface area contributed by atoms with Crippen molar-refractivity contribution in [3.63, 3.8) is 0 Å². The highest BCUT2D eigenvalue weighted by Crippen LogP contribution is 2.47. The van der Waals surface area contributed by atoms with Crippen LogP contribution in [-0.2, 0) is 19.1 Å². The quantitative estimate of drug-likeness (QED) is 0.398. The summed E-state index contributed by atoms with van der Waals surface area (Å²) in [6.07, 6.45) is 6.55. The lowest BCUT2D eigenvalue weighted by molar-refractivity contribution is -0.142. The van der Waals surface area contributed by atoms with Crippen molar-refractivity contribution in [2.75, 3.05) is 13.2 Å². The number of ether oxygens (including phenoxy) is 2. The van der Waals surface area contributed by atoms with Crippen molar-refractivity contribution in [1.29, 1.82) is 0 Å². The molecular formula is C28H46ClFN2O5. The molecule has 5 aliphatic carbocycles. The predicted molar refractivity (Wildman–Crippen MR) is 140 cm³/mol. The van der Waals surface area contributed by atoms with E-state index in [2.05, 4.69) is 31.4 Å². The first kappa shape index (κ1) is 29.0. The van der Waals surface area contributed by atoms with Gasteiger partial charge >= 0.3 is 0 Å². The van der Waals surface area contributed by atoms with Crippen LogP contribution in [0, 0.1) is 11.3 Å². The zero-order valence-corrected chi connectivity index (χ0v) is 23.5. The van der Waals surface area contributed by atoms with Crippen LogP contribution in [0.25, 0.3) is 0 Å². The first-order valence-corrected chi connectivity index (χ1v) is 14.6. The summed E-state index contributed by atoms with van der Waals surface area (Å²) in [6.45, 7) is 6.75. The summed E-state index contributed by atoms with van der Waals surface area (Å²) >= 11 is 5.93. The molecule has 5 fully saturated rings. The minimum Gasteiger partial charge on any atom is -0.391 e. The fraction of sp³-hybridized carbons (Fsp3) is 0.929. The van der Waals surface area contributed by atoms with Gasteiger partial charge < -0.3 is 25.2 Å². The molecule has 0 aromatic rings. The first-order valence-electron chi connectivity index (χ1n) is 14.2. The largest absolute Gasteiger partial charge is 0.391 e. The number of halogens is 2. The van der Waals surface area contributed by atoms with Crippen molar-refractivity contribution < 1.29 is 28.6 Å². The minimum absolute atomic E-state index is 0.0178. The van der Waals surface area contributed by atoms with E-state index in [-0.39, 0.29) is 43.7 Å². The summed E-state index contributed by atoms with van der Waals surface area (Å²) in [5.41, 5.74) is -0.848. The summed E-state index contributed by atoms with van der Waals surface area (Å²) in [5, 5.41) is 16.7.